The molecule has 0 unspecified atom stereocenters. The Morgan fingerprint density at radius 2 is 2.19 bits per heavy atom. The Morgan fingerprint density at radius 1 is 1.38 bits per heavy atom. The second kappa shape index (κ2) is 4.12. The summed E-state index contributed by atoms with van der Waals surface area (Å²) in [6.45, 7) is 4.21. The molecule has 84 valence electrons. The first-order valence-corrected chi connectivity index (χ1v) is 5.54. The van der Waals surface area contributed by atoms with Gasteiger partial charge in [-0.3, -0.25) is 4.79 Å². The van der Waals surface area contributed by atoms with Crippen LogP contribution in [0.2, 0.25) is 0 Å². The maximum absolute atomic E-state index is 10.2. The summed E-state index contributed by atoms with van der Waals surface area (Å²) >= 11 is 0. The molecule has 0 spiro atoms. The lowest BCUT2D eigenvalue weighted by Crippen LogP contribution is -2.32. The fraction of sp³-hybridized carbons (Fsp3) is 0.357. The molecule has 0 aromatic heterocycles. The van der Waals surface area contributed by atoms with E-state index < -0.39 is 0 Å². The summed E-state index contributed by atoms with van der Waals surface area (Å²) in [5, 5.41) is 0. The van der Waals surface area contributed by atoms with E-state index in [4.69, 9.17) is 4.74 Å². The molecule has 0 atom stereocenters. The fourth-order valence-corrected chi connectivity index (χ4v) is 1.93. The van der Waals surface area contributed by atoms with Crippen LogP contribution in [0.1, 0.15) is 31.4 Å². The van der Waals surface area contributed by atoms with Crippen molar-refractivity contribution in [2.24, 2.45) is 0 Å². The van der Waals surface area contributed by atoms with Crippen LogP contribution in [-0.2, 0) is 11.2 Å². The van der Waals surface area contributed by atoms with Gasteiger partial charge in [-0.15, -0.1) is 0 Å². The van der Waals surface area contributed by atoms with Crippen molar-refractivity contribution in [2.75, 3.05) is 0 Å². The molecule has 1 aromatic rings. The molecule has 1 aliphatic rings. The van der Waals surface area contributed by atoms with Crippen molar-refractivity contribution >= 4 is 12.4 Å². The third-order valence-corrected chi connectivity index (χ3v) is 2.83. The number of rotatable bonds is 2. The van der Waals surface area contributed by atoms with Crippen LogP contribution in [0.25, 0.3) is 6.08 Å². The molecule has 2 rings (SSSR count). The van der Waals surface area contributed by atoms with E-state index >= 15 is 0 Å². The second-order valence-corrected chi connectivity index (χ2v) is 4.72. The SMILES string of the molecule is CC1(C)CCc2cc(/C=C/C=O)ccc2O1. The molecule has 0 fully saturated rings. The highest BCUT2D eigenvalue weighted by atomic mass is 16.5. The quantitative estimate of drug-likeness (QED) is 0.561. The summed E-state index contributed by atoms with van der Waals surface area (Å²) in [4.78, 5) is 10.2. The second-order valence-electron chi connectivity index (χ2n) is 4.72. The van der Waals surface area contributed by atoms with Gasteiger partial charge in [0.1, 0.15) is 17.6 Å². The van der Waals surface area contributed by atoms with E-state index in [2.05, 4.69) is 19.9 Å². The fourth-order valence-electron chi connectivity index (χ4n) is 1.93. The standard InChI is InChI=1S/C14H16O2/c1-14(2)8-7-12-10-11(4-3-9-15)5-6-13(12)16-14/h3-6,9-10H,7-8H2,1-2H3/b4-3+. The highest BCUT2D eigenvalue weighted by Crippen LogP contribution is 2.33. The van der Waals surface area contributed by atoms with Crippen molar-refractivity contribution < 1.29 is 9.53 Å². The van der Waals surface area contributed by atoms with Crippen LogP contribution in [0.5, 0.6) is 5.75 Å². The molecule has 2 nitrogen and oxygen atoms in total. The molecule has 0 aliphatic carbocycles. The zero-order valence-electron chi connectivity index (χ0n) is 9.69. The molecule has 1 heterocycles. The zero-order valence-corrected chi connectivity index (χ0v) is 9.69. The van der Waals surface area contributed by atoms with Crippen LogP contribution < -0.4 is 4.74 Å². The molecule has 0 N–H and O–H groups in total. The first-order chi connectivity index (χ1) is 7.61. The molecule has 16 heavy (non-hydrogen) atoms. The van der Waals surface area contributed by atoms with Crippen molar-refractivity contribution in [2.45, 2.75) is 32.3 Å². The third-order valence-electron chi connectivity index (χ3n) is 2.83. The van der Waals surface area contributed by atoms with Gasteiger partial charge >= 0.3 is 0 Å². The van der Waals surface area contributed by atoms with Crippen LogP contribution in [-0.4, -0.2) is 11.9 Å². The molecule has 1 aromatic carbocycles. The number of aldehydes is 1. The van der Waals surface area contributed by atoms with Gasteiger partial charge in [0.05, 0.1) is 0 Å². The van der Waals surface area contributed by atoms with E-state index in [0.29, 0.717) is 0 Å². The molecule has 0 radical (unpaired) electrons. The molecule has 0 bridgehead atoms. The highest BCUT2D eigenvalue weighted by molar-refractivity contribution is 5.74. The maximum atomic E-state index is 10.2. The summed E-state index contributed by atoms with van der Waals surface area (Å²) in [5.41, 5.74) is 2.22. The van der Waals surface area contributed by atoms with E-state index in [1.54, 1.807) is 0 Å². The van der Waals surface area contributed by atoms with Crippen LogP contribution >= 0.6 is 0 Å². The largest absolute Gasteiger partial charge is 0.488 e. The Morgan fingerprint density at radius 3 is 2.94 bits per heavy atom. The highest BCUT2D eigenvalue weighted by Gasteiger charge is 2.26. The van der Waals surface area contributed by atoms with Gasteiger partial charge in [-0.1, -0.05) is 12.1 Å². The van der Waals surface area contributed by atoms with E-state index in [1.165, 1.54) is 11.6 Å². The Hall–Kier alpha value is -1.57. The average Bonchev–Trinajstić information content (AvgIpc) is 2.25. The Labute approximate surface area is 95.9 Å². The van der Waals surface area contributed by atoms with Gasteiger partial charge < -0.3 is 4.74 Å². The van der Waals surface area contributed by atoms with E-state index in [1.807, 2.05) is 18.2 Å². The van der Waals surface area contributed by atoms with Crippen LogP contribution in [0.15, 0.2) is 24.3 Å². The van der Waals surface area contributed by atoms with Crippen molar-refractivity contribution in [1.82, 2.24) is 0 Å². The van der Waals surface area contributed by atoms with Gasteiger partial charge in [0, 0.05) is 0 Å². The van der Waals surface area contributed by atoms with Gasteiger partial charge in [0.15, 0.2) is 0 Å². The number of hydrogen-bond donors (Lipinski definition) is 0. The predicted octanol–water partition coefficient (Wildman–Crippen LogP) is 3.00. The van der Waals surface area contributed by atoms with E-state index in [0.717, 1.165) is 30.4 Å². The topological polar surface area (TPSA) is 26.3 Å². The molecule has 1 aliphatic heterocycles. The molecule has 0 saturated heterocycles. The van der Waals surface area contributed by atoms with E-state index in [9.17, 15) is 4.79 Å². The summed E-state index contributed by atoms with van der Waals surface area (Å²) in [5.74, 6) is 0.972. The molecular formula is C14H16O2. The number of carbonyl (C=O) groups is 1. The Balaban J connectivity index is 2.28. The van der Waals surface area contributed by atoms with Gasteiger partial charge in [-0.25, -0.2) is 0 Å². The lowest BCUT2D eigenvalue weighted by Gasteiger charge is -2.32. The van der Waals surface area contributed by atoms with Crippen molar-refractivity contribution in [3.05, 3.63) is 35.4 Å². The number of benzene rings is 1. The Bertz CT molecular complexity index is 430. The number of allylic oxidation sites excluding steroid dienone is 1. The van der Waals surface area contributed by atoms with Crippen molar-refractivity contribution in [1.29, 1.82) is 0 Å². The number of aryl methyl sites for hydroxylation is 1. The van der Waals surface area contributed by atoms with Crippen LogP contribution in [0.3, 0.4) is 0 Å². The lowest BCUT2D eigenvalue weighted by atomic mass is 9.93. The number of ether oxygens (including phenoxy) is 1. The average molecular weight is 216 g/mol. The number of hydrogen-bond acceptors (Lipinski definition) is 2. The summed E-state index contributed by atoms with van der Waals surface area (Å²) in [6.07, 6.45) is 6.17. The zero-order chi connectivity index (χ0) is 11.6. The van der Waals surface area contributed by atoms with Gasteiger partial charge in [-0.05, 0) is 56.0 Å². The Kier molecular flexibility index (Phi) is 2.82. The first-order valence-electron chi connectivity index (χ1n) is 5.54. The van der Waals surface area contributed by atoms with Gasteiger partial charge in [-0.2, -0.15) is 0 Å². The minimum Gasteiger partial charge on any atom is -0.488 e. The molecule has 0 amide bonds. The van der Waals surface area contributed by atoms with Crippen LogP contribution in [0.4, 0.5) is 0 Å². The first kappa shape index (κ1) is 10.9. The normalized spacial score (nSPS) is 17.9. The number of carbonyl (C=O) groups excluding carboxylic acids is 1. The van der Waals surface area contributed by atoms with Gasteiger partial charge in [0.25, 0.3) is 0 Å². The molecule has 0 saturated carbocycles. The smallest absolute Gasteiger partial charge is 0.142 e. The van der Waals surface area contributed by atoms with Crippen molar-refractivity contribution in [3.8, 4) is 5.75 Å². The van der Waals surface area contributed by atoms with Gasteiger partial charge in [0.2, 0.25) is 0 Å². The predicted molar refractivity (Wildman–Crippen MR) is 64.6 cm³/mol. The van der Waals surface area contributed by atoms with Crippen LogP contribution in [0, 0.1) is 0 Å². The molecular weight excluding hydrogens is 200 g/mol. The summed E-state index contributed by atoms with van der Waals surface area (Å²) in [6, 6.07) is 6.05. The summed E-state index contributed by atoms with van der Waals surface area (Å²) in [7, 11) is 0. The van der Waals surface area contributed by atoms with E-state index in [-0.39, 0.29) is 5.60 Å². The lowest BCUT2D eigenvalue weighted by molar-refractivity contribution is -0.104. The number of fused-ring (bicyclic) bond motifs is 1. The maximum Gasteiger partial charge on any atom is 0.142 e. The third kappa shape index (κ3) is 2.32. The molecule has 2 heteroatoms. The van der Waals surface area contributed by atoms with Crippen molar-refractivity contribution in [3.63, 3.8) is 0 Å². The minimum atomic E-state index is -0.0623. The minimum absolute atomic E-state index is 0.0623. The summed E-state index contributed by atoms with van der Waals surface area (Å²) < 4.78 is 5.89. The monoisotopic (exact) mass is 216 g/mol.